The number of aromatic nitrogens is 8. The molecular formula is C30H36N10O14P2-2. The van der Waals surface area contributed by atoms with E-state index in [4.69, 9.17) is 39.0 Å². The Labute approximate surface area is 314 Å². The summed E-state index contributed by atoms with van der Waals surface area (Å²) < 4.78 is 64.2. The second kappa shape index (κ2) is 14.2. The van der Waals surface area contributed by atoms with E-state index >= 15 is 0 Å². The lowest BCUT2D eigenvalue weighted by Gasteiger charge is -2.31. The quantitative estimate of drug-likeness (QED) is 0.191. The van der Waals surface area contributed by atoms with Crippen molar-refractivity contribution in [1.29, 1.82) is 0 Å². The van der Waals surface area contributed by atoms with Crippen molar-refractivity contribution in [3.63, 3.8) is 0 Å². The van der Waals surface area contributed by atoms with Crippen LogP contribution in [-0.2, 0) is 36.7 Å². The number of H-pyrrole nitrogens is 1. The molecule has 3 fully saturated rings. The highest BCUT2D eigenvalue weighted by atomic mass is 31.2. The number of hydrogen-bond acceptors (Lipinski definition) is 19. The van der Waals surface area contributed by atoms with Gasteiger partial charge < -0.3 is 48.8 Å². The van der Waals surface area contributed by atoms with E-state index in [1.54, 1.807) is 0 Å². The van der Waals surface area contributed by atoms with Crippen LogP contribution >= 0.6 is 15.6 Å². The Kier molecular flexibility index (Phi) is 9.79. The molecule has 0 aromatic carbocycles. The number of nitrogens with zero attached hydrogens (tertiary/aromatic N) is 7. The second-order valence-electron chi connectivity index (χ2n) is 14.1. The number of aromatic amines is 1. The lowest BCUT2D eigenvalue weighted by Crippen LogP contribution is -2.42. The third kappa shape index (κ3) is 7.21. The molecule has 0 spiro atoms. The van der Waals surface area contributed by atoms with Gasteiger partial charge in [-0.2, -0.15) is 14.5 Å². The van der Waals surface area contributed by atoms with Crippen LogP contribution in [-0.4, -0.2) is 75.8 Å². The van der Waals surface area contributed by atoms with Crippen molar-refractivity contribution in [3.8, 4) is 5.95 Å². The van der Waals surface area contributed by atoms with E-state index in [1.807, 2.05) is 0 Å². The Morgan fingerprint density at radius 2 is 1.59 bits per heavy atom. The van der Waals surface area contributed by atoms with Gasteiger partial charge in [-0.25, -0.2) is 14.6 Å². The molecule has 3 unspecified atom stereocenters. The Balaban J connectivity index is 1.19. The Morgan fingerprint density at radius 1 is 0.875 bits per heavy atom. The molecule has 0 amide bonds. The van der Waals surface area contributed by atoms with Gasteiger partial charge in [0.1, 0.15) is 24.4 Å². The van der Waals surface area contributed by atoms with Crippen LogP contribution < -0.4 is 43.8 Å². The lowest BCUT2D eigenvalue weighted by molar-refractivity contribution is -0.236. The molecule has 7 heterocycles. The molecule has 1 saturated carbocycles. The van der Waals surface area contributed by atoms with Crippen LogP contribution in [0.1, 0.15) is 63.1 Å². The first kappa shape index (κ1) is 38.5. The maximum absolute atomic E-state index is 14.3. The molecule has 4 aliphatic rings. The van der Waals surface area contributed by atoms with Crippen molar-refractivity contribution in [2.45, 2.75) is 88.9 Å². The SMILES string of the molecule is Cc1cn2c(=O)n(c1=O)-c1nc3c(=O)[nH]c(N)nc3n1[C@H]1C[C@H](OP(=O)([O-])OC[C@H]3O[C@@H](n4ccc(N)nc4=O)CC3OP(=O)([O-])OC[C@@H]3CC[C@H]2C3)[C@@H](C)O1. The maximum atomic E-state index is 14.3. The molecule has 6 bridgehead atoms. The van der Waals surface area contributed by atoms with E-state index in [2.05, 4.69) is 19.9 Å². The summed E-state index contributed by atoms with van der Waals surface area (Å²) in [4.78, 5) is 94.7. The topological polar surface area (TPSA) is 330 Å². The zero-order valence-electron chi connectivity index (χ0n) is 29.7. The van der Waals surface area contributed by atoms with E-state index in [0.29, 0.717) is 12.8 Å². The first-order valence-electron chi connectivity index (χ1n) is 17.5. The smallest absolute Gasteiger partial charge is 0.351 e. The average Bonchev–Trinajstić information content (AvgIpc) is 3.90. The Bertz CT molecular complexity index is 2550. The summed E-state index contributed by atoms with van der Waals surface area (Å²) in [5, 5.41) is 0. The van der Waals surface area contributed by atoms with Gasteiger partial charge in [-0.1, -0.05) is 0 Å². The fraction of sp³-hybridized carbons (Fsp3) is 0.567. The van der Waals surface area contributed by atoms with Gasteiger partial charge >= 0.3 is 11.4 Å². The standard InChI is InChI=1S/C30H38N10O14P2/c1-13-10-38-16-4-3-15(7-16)11-49-55(45,46)54-18-9-21(37-6-5-20(31)33-29(37)43)52-19(18)12-50-56(47,48)53-17-8-22(51-14(17)2)39-24-23(25(41)36-27(32)35-24)34-28(39)40(26(13)42)30(38)44/h5-6,10,14-19,21-22H,3-4,7-9,11-12H2,1-2H3,(H,45,46)(H,47,48)(H2,31,33,43)(H3,32,35,36,41)/p-2/t14-,15-,16+,17+,18?,19-,21-,22-/m1/s1. The number of hydrogen-bond donors (Lipinski definition) is 3. The highest BCUT2D eigenvalue weighted by Crippen LogP contribution is 2.49. The van der Waals surface area contributed by atoms with E-state index in [9.17, 15) is 38.1 Å². The molecular weight excluding hydrogens is 786 g/mol. The van der Waals surface area contributed by atoms with Crippen molar-refractivity contribution in [2.75, 3.05) is 24.7 Å². The van der Waals surface area contributed by atoms with Gasteiger partial charge in [-0.15, -0.1) is 0 Å². The van der Waals surface area contributed by atoms with Crippen LogP contribution in [0.3, 0.4) is 0 Å². The molecule has 8 rings (SSSR count). The molecule has 5 N–H and O–H groups in total. The van der Waals surface area contributed by atoms with Gasteiger partial charge in [0.15, 0.2) is 11.2 Å². The van der Waals surface area contributed by atoms with Crippen molar-refractivity contribution < 1.29 is 46.5 Å². The molecule has 4 aromatic rings. The normalized spacial score (nSPS) is 33.9. The minimum atomic E-state index is -5.26. The number of rotatable bonds is 1. The zero-order chi connectivity index (χ0) is 39.8. The predicted octanol–water partition coefficient (Wildman–Crippen LogP) is -1.15. The second-order valence-corrected chi connectivity index (χ2v) is 16.8. The Morgan fingerprint density at radius 3 is 2.34 bits per heavy atom. The van der Waals surface area contributed by atoms with Gasteiger partial charge in [-0.3, -0.25) is 37.4 Å². The minimum absolute atomic E-state index is 0.0699. The number of phosphoric ester groups is 2. The highest BCUT2D eigenvalue weighted by molar-refractivity contribution is 7.46. The summed E-state index contributed by atoms with van der Waals surface area (Å²) in [6.07, 6.45) is -4.11. The zero-order valence-corrected chi connectivity index (χ0v) is 31.5. The molecule has 56 heavy (non-hydrogen) atoms. The monoisotopic (exact) mass is 822 g/mol. The van der Waals surface area contributed by atoms with Gasteiger partial charge in [-0.05, 0) is 45.1 Å². The molecule has 302 valence electrons. The van der Waals surface area contributed by atoms with Gasteiger partial charge in [0, 0.05) is 36.8 Å². The number of nitrogens with one attached hydrogen (secondary N) is 1. The van der Waals surface area contributed by atoms with Crippen molar-refractivity contribution in [3.05, 3.63) is 65.7 Å². The Hall–Kier alpha value is -4.35. The van der Waals surface area contributed by atoms with E-state index in [1.165, 1.54) is 41.4 Å². The molecule has 3 aliphatic heterocycles. The summed E-state index contributed by atoms with van der Waals surface area (Å²) in [6.45, 7) is 1.84. The van der Waals surface area contributed by atoms with Gasteiger partial charge in [0.05, 0.1) is 31.5 Å². The number of nitrogen functional groups attached to an aromatic ring is 2. The number of phosphoric acid groups is 2. The van der Waals surface area contributed by atoms with Crippen LogP contribution in [0.4, 0.5) is 11.8 Å². The van der Waals surface area contributed by atoms with E-state index in [0.717, 1.165) is 9.13 Å². The van der Waals surface area contributed by atoms with Crippen LogP contribution in [0.15, 0.2) is 37.6 Å². The summed E-state index contributed by atoms with van der Waals surface area (Å²) in [6, 6.07) is 0.808. The van der Waals surface area contributed by atoms with Crippen molar-refractivity contribution >= 4 is 38.6 Å². The van der Waals surface area contributed by atoms with Crippen LogP contribution in [0.5, 0.6) is 0 Å². The summed E-state index contributed by atoms with van der Waals surface area (Å²) >= 11 is 0. The van der Waals surface area contributed by atoms with Crippen LogP contribution in [0, 0.1) is 12.8 Å². The van der Waals surface area contributed by atoms with Gasteiger partial charge in [0.25, 0.3) is 26.8 Å². The van der Waals surface area contributed by atoms with Crippen molar-refractivity contribution in [2.24, 2.45) is 5.92 Å². The summed E-state index contributed by atoms with van der Waals surface area (Å²) in [5.74, 6) is -1.11. The van der Waals surface area contributed by atoms with Gasteiger partial charge in [0.2, 0.25) is 11.9 Å². The fourth-order valence-electron chi connectivity index (χ4n) is 7.61. The molecule has 2 saturated heterocycles. The third-order valence-corrected chi connectivity index (χ3v) is 12.3. The molecule has 0 radical (unpaired) electrons. The number of aryl methyl sites for hydroxylation is 1. The van der Waals surface area contributed by atoms with E-state index in [-0.39, 0.29) is 66.2 Å². The van der Waals surface area contributed by atoms with Crippen LogP contribution in [0.2, 0.25) is 0 Å². The number of fused-ring (bicyclic) bond motifs is 13. The fourth-order valence-corrected chi connectivity index (χ4v) is 9.60. The summed E-state index contributed by atoms with van der Waals surface area (Å²) in [7, 11) is -10.4. The number of ether oxygens (including phenoxy) is 2. The minimum Gasteiger partial charge on any atom is -0.756 e. The number of imidazole rings is 1. The maximum Gasteiger partial charge on any atom is 0.351 e. The predicted molar refractivity (Wildman–Crippen MR) is 186 cm³/mol. The number of nitrogens with two attached hydrogens (primary N) is 2. The molecule has 26 heteroatoms. The van der Waals surface area contributed by atoms with Crippen molar-refractivity contribution in [1.82, 2.24) is 38.2 Å². The molecule has 4 aromatic heterocycles. The molecule has 1 aliphatic carbocycles. The highest BCUT2D eigenvalue weighted by Gasteiger charge is 2.43. The first-order valence-corrected chi connectivity index (χ1v) is 20.5. The van der Waals surface area contributed by atoms with Crippen LogP contribution in [0.25, 0.3) is 17.1 Å². The third-order valence-electron chi connectivity index (χ3n) is 10.3. The van der Waals surface area contributed by atoms with E-state index < -0.39 is 87.7 Å². The average molecular weight is 823 g/mol. The molecule has 10 atom stereocenters. The first-order chi connectivity index (χ1) is 26.5. The largest absolute Gasteiger partial charge is 0.756 e. The molecule has 24 nitrogen and oxygen atoms in total. The lowest BCUT2D eigenvalue weighted by atomic mass is 10.1. The summed E-state index contributed by atoms with van der Waals surface area (Å²) in [5.41, 5.74) is 7.99. The number of anilines is 2.